The van der Waals surface area contributed by atoms with Crippen LogP contribution in [0.3, 0.4) is 0 Å². The Hall–Kier alpha value is -0.220. The Labute approximate surface area is 64.6 Å². The average Bonchev–Trinajstić information content (AvgIpc) is 2.69. The number of aliphatic hydroxyl groups is 1. The van der Waals surface area contributed by atoms with Gasteiger partial charge < -0.3 is 10.4 Å². The normalized spacial score (nSPS) is 20.7. The summed E-state index contributed by atoms with van der Waals surface area (Å²) in [5, 5.41) is 11.4. The smallest absolute Gasteiger partial charge is 0.250 e. The number of hydrogen-bond donors (Lipinski definition) is 2. The highest BCUT2D eigenvalue weighted by atomic mass is 19.3. The van der Waals surface area contributed by atoms with Crippen LogP contribution < -0.4 is 5.32 Å². The molecule has 0 aromatic rings. The van der Waals surface area contributed by atoms with E-state index in [9.17, 15) is 8.78 Å². The molecule has 0 bridgehead atoms. The maximum atomic E-state index is 11.6. The molecule has 66 valence electrons. The van der Waals surface area contributed by atoms with E-state index in [2.05, 4.69) is 5.32 Å². The lowest BCUT2D eigenvalue weighted by Crippen LogP contribution is -2.30. The second-order valence-electron chi connectivity index (χ2n) is 3.18. The Bertz CT molecular complexity index is 126. The van der Waals surface area contributed by atoms with E-state index in [-0.39, 0.29) is 18.6 Å². The molecule has 0 spiro atoms. The number of nitrogens with one attached hydrogen (secondary N) is 1. The molecule has 4 heteroatoms. The topological polar surface area (TPSA) is 32.3 Å². The Morgan fingerprint density at radius 2 is 2.09 bits per heavy atom. The van der Waals surface area contributed by atoms with Crippen molar-refractivity contribution in [3.8, 4) is 0 Å². The molecule has 0 radical (unpaired) electrons. The van der Waals surface area contributed by atoms with Gasteiger partial charge in [-0.25, -0.2) is 8.78 Å². The van der Waals surface area contributed by atoms with Crippen molar-refractivity contribution >= 4 is 0 Å². The average molecular weight is 165 g/mol. The van der Waals surface area contributed by atoms with E-state index in [4.69, 9.17) is 5.11 Å². The maximum Gasteiger partial charge on any atom is 0.250 e. The minimum atomic E-state index is -2.29. The van der Waals surface area contributed by atoms with E-state index in [1.165, 1.54) is 0 Å². The fourth-order valence-electron chi connectivity index (χ4n) is 1.01. The lowest BCUT2D eigenvalue weighted by atomic mass is 10.1. The van der Waals surface area contributed by atoms with Gasteiger partial charge in [0.1, 0.15) is 0 Å². The fraction of sp³-hybridized carbons (Fsp3) is 1.00. The van der Waals surface area contributed by atoms with Gasteiger partial charge in [-0.2, -0.15) is 0 Å². The van der Waals surface area contributed by atoms with Crippen LogP contribution in [-0.2, 0) is 0 Å². The zero-order valence-electron chi connectivity index (χ0n) is 6.32. The van der Waals surface area contributed by atoms with Crippen LogP contribution in [0.2, 0.25) is 0 Å². The molecule has 2 N–H and O–H groups in total. The van der Waals surface area contributed by atoms with E-state index < -0.39 is 6.43 Å². The fourth-order valence-corrected chi connectivity index (χ4v) is 1.01. The molecule has 0 aromatic heterocycles. The third-order valence-electron chi connectivity index (χ3n) is 2.09. The highest BCUT2D eigenvalue weighted by Gasteiger charge is 2.41. The Morgan fingerprint density at radius 3 is 2.45 bits per heavy atom. The van der Waals surface area contributed by atoms with Gasteiger partial charge in [-0.1, -0.05) is 0 Å². The standard InChI is InChI=1S/C7H13F2NO/c8-6(9)3-10-4-7(5-11)1-2-7/h6,10-11H,1-5H2. The molecule has 0 saturated heterocycles. The molecule has 0 atom stereocenters. The summed E-state index contributed by atoms with van der Waals surface area (Å²) < 4.78 is 23.2. The summed E-state index contributed by atoms with van der Waals surface area (Å²) in [5.74, 6) is 0. The van der Waals surface area contributed by atoms with Crippen LogP contribution in [0, 0.1) is 5.41 Å². The first kappa shape index (κ1) is 8.87. The van der Waals surface area contributed by atoms with Gasteiger partial charge in [0.05, 0.1) is 6.54 Å². The van der Waals surface area contributed by atoms with Gasteiger partial charge in [0, 0.05) is 18.6 Å². The molecular formula is C7H13F2NO. The molecule has 0 heterocycles. The summed E-state index contributed by atoms with van der Waals surface area (Å²) in [6.45, 7) is 0.374. The first-order valence-electron chi connectivity index (χ1n) is 3.78. The summed E-state index contributed by atoms with van der Waals surface area (Å²) in [6.07, 6.45) is -0.371. The van der Waals surface area contributed by atoms with Crippen LogP contribution in [0.5, 0.6) is 0 Å². The van der Waals surface area contributed by atoms with Crippen LogP contribution in [0.25, 0.3) is 0 Å². The van der Waals surface area contributed by atoms with Crippen molar-refractivity contribution in [3.63, 3.8) is 0 Å². The molecule has 0 unspecified atom stereocenters. The predicted molar refractivity (Wildman–Crippen MR) is 37.6 cm³/mol. The monoisotopic (exact) mass is 165 g/mol. The molecule has 11 heavy (non-hydrogen) atoms. The van der Waals surface area contributed by atoms with Crippen molar-refractivity contribution in [2.75, 3.05) is 19.7 Å². The molecule has 1 aliphatic rings. The lowest BCUT2D eigenvalue weighted by molar-refractivity contribution is 0.138. The number of halogens is 2. The molecule has 2 nitrogen and oxygen atoms in total. The number of rotatable bonds is 5. The van der Waals surface area contributed by atoms with Crippen LogP contribution >= 0.6 is 0 Å². The molecule has 0 aromatic carbocycles. The first-order chi connectivity index (χ1) is 5.18. The van der Waals surface area contributed by atoms with Crippen molar-refractivity contribution < 1.29 is 13.9 Å². The first-order valence-corrected chi connectivity index (χ1v) is 3.78. The van der Waals surface area contributed by atoms with Crippen LogP contribution in [0.4, 0.5) is 8.78 Å². The van der Waals surface area contributed by atoms with E-state index in [1.54, 1.807) is 0 Å². The van der Waals surface area contributed by atoms with Gasteiger partial charge in [0.2, 0.25) is 0 Å². The van der Waals surface area contributed by atoms with Gasteiger partial charge >= 0.3 is 0 Å². The number of hydrogen-bond acceptors (Lipinski definition) is 2. The van der Waals surface area contributed by atoms with Gasteiger partial charge in [-0.15, -0.1) is 0 Å². The summed E-state index contributed by atoms with van der Waals surface area (Å²) in [5.41, 5.74) is -0.0606. The van der Waals surface area contributed by atoms with E-state index in [0.29, 0.717) is 6.54 Å². The zero-order chi connectivity index (χ0) is 8.32. The Kier molecular flexibility index (Phi) is 2.78. The summed E-state index contributed by atoms with van der Waals surface area (Å²) in [7, 11) is 0. The van der Waals surface area contributed by atoms with Gasteiger partial charge in [-0.05, 0) is 12.8 Å². The summed E-state index contributed by atoms with van der Waals surface area (Å²) in [6, 6.07) is 0. The van der Waals surface area contributed by atoms with Gasteiger partial charge in [0.15, 0.2) is 0 Å². The quantitative estimate of drug-likeness (QED) is 0.625. The molecule has 1 fully saturated rings. The van der Waals surface area contributed by atoms with Crippen LogP contribution in [-0.4, -0.2) is 31.2 Å². The van der Waals surface area contributed by atoms with Crippen LogP contribution in [0.1, 0.15) is 12.8 Å². The molecule has 1 saturated carbocycles. The predicted octanol–water partition coefficient (Wildman–Crippen LogP) is 0.614. The molecule has 0 amide bonds. The minimum Gasteiger partial charge on any atom is -0.396 e. The highest BCUT2D eigenvalue weighted by molar-refractivity contribution is 4.94. The van der Waals surface area contributed by atoms with Crippen molar-refractivity contribution in [2.45, 2.75) is 19.3 Å². The lowest BCUT2D eigenvalue weighted by Gasteiger charge is -2.11. The Balaban J connectivity index is 2.03. The zero-order valence-corrected chi connectivity index (χ0v) is 6.32. The second-order valence-corrected chi connectivity index (χ2v) is 3.18. The molecular weight excluding hydrogens is 152 g/mol. The third kappa shape index (κ3) is 2.71. The van der Waals surface area contributed by atoms with Gasteiger partial charge in [0.25, 0.3) is 6.43 Å². The molecule has 1 aliphatic carbocycles. The van der Waals surface area contributed by atoms with Crippen molar-refractivity contribution in [3.05, 3.63) is 0 Å². The third-order valence-corrected chi connectivity index (χ3v) is 2.09. The van der Waals surface area contributed by atoms with E-state index >= 15 is 0 Å². The minimum absolute atomic E-state index is 0.0606. The maximum absolute atomic E-state index is 11.6. The van der Waals surface area contributed by atoms with E-state index in [1.807, 2.05) is 0 Å². The van der Waals surface area contributed by atoms with Crippen molar-refractivity contribution in [1.29, 1.82) is 0 Å². The van der Waals surface area contributed by atoms with Crippen molar-refractivity contribution in [1.82, 2.24) is 5.32 Å². The van der Waals surface area contributed by atoms with Gasteiger partial charge in [-0.3, -0.25) is 0 Å². The Morgan fingerprint density at radius 1 is 1.45 bits per heavy atom. The van der Waals surface area contributed by atoms with Crippen molar-refractivity contribution in [2.24, 2.45) is 5.41 Å². The molecule has 1 rings (SSSR count). The molecule has 0 aliphatic heterocycles. The summed E-state index contributed by atoms with van der Waals surface area (Å²) in [4.78, 5) is 0. The number of alkyl halides is 2. The SMILES string of the molecule is OCC1(CNCC(F)F)CC1. The van der Waals surface area contributed by atoms with E-state index in [0.717, 1.165) is 12.8 Å². The van der Waals surface area contributed by atoms with Crippen LogP contribution in [0.15, 0.2) is 0 Å². The second kappa shape index (κ2) is 3.45. The largest absolute Gasteiger partial charge is 0.396 e. The highest BCUT2D eigenvalue weighted by Crippen LogP contribution is 2.44. The number of aliphatic hydroxyl groups excluding tert-OH is 1. The summed E-state index contributed by atoms with van der Waals surface area (Å²) >= 11 is 0.